The molecule has 2 amide bonds. The minimum Gasteiger partial charge on any atom is -0.497 e. The van der Waals surface area contributed by atoms with Gasteiger partial charge in [0.05, 0.1) is 18.6 Å². The molecule has 1 unspecified atom stereocenters. The molecule has 0 radical (unpaired) electrons. The van der Waals surface area contributed by atoms with Gasteiger partial charge >= 0.3 is 5.97 Å². The highest BCUT2D eigenvalue weighted by atomic mass is 16.5. The SMILES string of the molecule is COc1ccc(N2CC(C(=O)Nc3ccc4c(c3)COC4=O)CC2=O)cc1. The summed E-state index contributed by atoms with van der Waals surface area (Å²) >= 11 is 0. The summed E-state index contributed by atoms with van der Waals surface area (Å²) in [7, 11) is 1.58. The van der Waals surface area contributed by atoms with Crippen LogP contribution < -0.4 is 15.0 Å². The molecule has 1 atom stereocenters. The highest BCUT2D eigenvalue weighted by molar-refractivity contribution is 6.04. The van der Waals surface area contributed by atoms with Gasteiger partial charge < -0.3 is 19.7 Å². The zero-order valence-corrected chi connectivity index (χ0v) is 14.7. The number of esters is 1. The fourth-order valence-corrected chi connectivity index (χ4v) is 3.35. The molecule has 0 bridgehead atoms. The average molecular weight is 366 g/mol. The zero-order chi connectivity index (χ0) is 19.0. The molecule has 1 saturated heterocycles. The minimum atomic E-state index is -0.439. The molecule has 1 N–H and O–H groups in total. The maximum absolute atomic E-state index is 12.6. The van der Waals surface area contributed by atoms with Crippen LogP contribution >= 0.6 is 0 Å². The molecule has 2 aromatic carbocycles. The van der Waals surface area contributed by atoms with Crippen LogP contribution in [0.25, 0.3) is 0 Å². The Labute approximate surface area is 155 Å². The first-order valence-corrected chi connectivity index (χ1v) is 8.60. The molecular formula is C20H18N2O5. The third kappa shape index (κ3) is 3.23. The predicted octanol–water partition coefficient (Wildman–Crippen LogP) is 2.36. The lowest BCUT2D eigenvalue weighted by atomic mass is 10.1. The van der Waals surface area contributed by atoms with Crippen LogP contribution in [0.15, 0.2) is 42.5 Å². The number of anilines is 2. The van der Waals surface area contributed by atoms with Gasteiger partial charge in [0.25, 0.3) is 0 Å². The standard InChI is InChI=1S/C20H18N2O5/c1-26-16-5-3-15(4-6-16)22-10-12(9-18(22)23)19(24)21-14-2-7-17-13(8-14)11-27-20(17)25/h2-8,12H,9-11H2,1H3,(H,21,24). The summed E-state index contributed by atoms with van der Waals surface area (Å²) in [5.74, 6) is -0.387. The molecule has 2 aliphatic heterocycles. The molecule has 138 valence electrons. The van der Waals surface area contributed by atoms with Crippen molar-refractivity contribution >= 4 is 29.2 Å². The van der Waals surface area contributed by atoms with E-state index in [9.17, 15) is 14.4 Å². The van der Waals surface area contributed by atoms with Crippen LogP contribution in [0.5, 0.6) is 5.75 Å². The number of nitrogens with one attached hydrogen (secondary N) is 1. The van der Waals surface area contributed by atoms with Crippen LogP contribution in [-0.4, -0.2) is 31.4 Å². The lowest BCUT2D eigenvalue weighted by Crippen LogP contribution is -2.28. The number of nitrogens with zero attached hydrogens (tertiary/aromatic N) is 1. The van der Waals surface area contributed by atoms with E-state index >= 15 is 0 Å². The first-order valence-electron chi connectivity index (χ1n) is 8.60. The first-order chi connectivity index (χ1) is 13.0. The summed E-state index contributed by atoms with van der Waals surface area (Å²) in [6.45, 7) is 0.536. The number of methoxy groups -OCH3 is 1. The van der Waals surface area contributed by atoms with Crippen molar-refractivity contribution in [1.82, 2.24) is 0 Å². The smallest absolute Gasteiger partial charge is 0.338 e. The van der Waals surface area contributed by atoms with Crippen LogP contribution in [0.4, 0.5) is 11.4 Å². The number of hydrogen-bond donors (Lipinski definition) is 1. The van der Waals surface area contributed by atoms with E-state index in [1.165, 1.54) is 0 Å². The number of ether oxygens (including phenoxy) is 2. The van der Waals surface area contributed by atoms with Gasteiger partial charge in [0, 0.05) is 29.9 Å². The van der Waals surface area contributed by atoms with Crippen molar-refractivity contribution in [1.29, 1.82) is 0 Å². The average Bonchev–Trinajstić information content (AvgIpc) is 3.25. The van der Waals surface area contributed by atoms with Crippen LogP contribution in [0.2, 0.25) is 0 Å². The summed E-state index contributed by atoms with van der Waals surface area (Å²) in [4.78, 5) is 38.0. The van der Waals surface area contributed by atoms with Crippen molar-refractivity contribution in [3.05, 3.63) is 53.6 Å². The minimum absolute atomic E-state index is 0.0896. The topological polar surface area (TPSA) is 84.9 Å². The van der Waals surface area contributed by atoms with Crippen molar-refractivity contribution in [2.75, 3.05) is 23.9 Å². The van der Waals surface area contributed by atoms with Gasteiger partial charge in [-0.15, -0.1) is 0 Å². The second-order valence-electron chi connectivity index (χ2n) is 6.54. The second kappa shape index (κ2) is 6.75. The number of fused-ring (bicyclic) bond motifs is 1. The van der Waals surface area contributed by atoms with E-state index in [0.717, 1.165) is 11.3 Å². The normalized spacial score (nSPS) is 18.3. The van der Waals surface area contributed by atoms with E-state index in [0.29, 0.717) is 23.5 Å². The summed E-state index contributed by atoms with van der Waals surface area (Å²) in [5, 5.41) is 2.83. The van der Waals surface area contributed by atoms with Crippen molar-refractivity contribution in [3.8, 4) is 5.75 Å². The zero-order valence-electron chi connectivity index (χ0n) is 14.7. The van der Waals surface area contributed by atoms with Crippen LogP contribution in [0.3, 0.4) is 0 Å². The lowest BCUT2D eigenvalue weighted by molar-refractivity contribution is -0.122. The van der Waals surface area contributed by atoms with Crippen molar-refractivity contribution < 1.29 is 23.9 Å². The van der Waals surface area contributed by atoms with E-state index in [-0.39, 0.29) is 30.8 Å². The molecule has 1 fully saturated rings. The Morgan fingerprint density at radius 2 is 1.96 bits per heavy atom. The molecule has 2 heterocycles. The fourth-order valence-electron chi connectivity index (χ4n) is 3.35. The molecule has 27 heavy (non-hydrogen) atoms. The highest BCUT2D eigenvalue weighted by Crippen LogP contribution is 2.28. The maximum Gasteiger partial charge on any atom is 0.338 e. The number of amides is 2. The lowest BCUT2D eigenvalue weighted by Gasteiger charge is -2.17. The molecule has 0 aromatic heterocycles. The molecule has 4 rings (SSSR count). The summed E-state index contributed by atoms with van der Waals surface area (Å²) < 4.78 is 10.1. The Balaban J connectivity index is 1.44. The van der Waals surface area contributed by atoms with Crippen molar-refractivity contribution in [3.63, 3.8) is 0 Å². The molecule has 0 saturated carbocycles. The van der Waals surface area contributed by atoms with E-state index in [1.54, 1.807) is 54.5 Å². The Morgan fingerprint density at radius 1 is 1.19 bits per heavy atom. The van der Waals surface area contributed by atoms with E-state index in [4.69, 9.17) is 9.47 Å². The maximum atomic E-state index is 12.6. The van der Waals surface area contributed by atoms with Gasteiger partial charge in [-0.25, -0.2) is 4.79 Å². The van der Waals surface area contributed by atoms with E-state index in [2.05, 4.69) is 5.32 Å². The summed E-state index contributed by atoms with van der Waals surface area (Å²) in [6, 6.07) is 12.2. The Morgan fingerprint density at radius 3 is 2.70 bits per heavy atom. The molecular weight excluding hydrogens is 348 g/mol. The molecule has 7 nitrogen and oxygen atoms in total. The Hall–Kier alpha value is -3.35. The number of benzene rings is 2. The van der Waals surface area contributed by atoms with Gasteiger partial charge in [-0.1, -0.05) is 0 Å². The van der Waals surface area contributed by atoms with Crippen molar-refractivity contribution in [2.45, 2.75) is 13.0 Å². The van der Waals surface area contributed by atoms with Gasteiger partial charge in [0.1, 0.15) is 12.4 Å². The second-order valence-corrected chi connectivity index (χ2v) is 6.54. The van der Waals surface area contributed by atoms with Gasteiger partial charge in [0.15, 0.2) is 0 Å². The van der Waals surface area contributed by atoms with Gasteiger partial charge in [0.2, 0.25) is 11.8 Å². The number of carbonyl (C=O) groups is 3. The first kappa shape index (κ1) is 17.1. The third-order valence-electron chi connectivity index (χ3n) is 4.83. The fraction of sp³-hybridized carbons (Fsp3) is 0.250. The third-order valence-corrected chi connectivity index (χ3v) is 4.83. The van der Waals surface area contributed by atoms with Gasteiger partial charge in [-0.2, -0.15) is 0 Å². The van der Waals surface area contributed by atoms with Crippen LogP contribution in [0, 0.1) is 5.92 Å². The summed E-state index contributed by atoms with van der Waals surface area (Å²) in [6.07, 6.45) is 0.157. The quantitative estimate of drug-likeness (QED) is 0.840. The van der Waals surface area contributed by atoms with Gasteiger partial charge in [-0.05, 0) is 42.5 Å². The molecule has 2 aliphatic rings. The Kier molecular flexibility index (Phi) is 4.27. The summed E-state index contributed by atoms with van der Waals surface area (Å²) in [5.41, 5.74) is 2.60. The van der Waals surface area contributed by atoms with E-state index in [1.807, 2.05) is 0 Å². The van der Waals surface area contributed by atoms with E-state index < -0.39 is 5.92 Å². The largest absolute Gasteiger partial charge is 0.497 e. The van der Waals surface area contributed by atoms with Gasteiger partial charge in [-0.3, -0.25) is 9.59 Å². The van der Waals surface area contributed by atoms with Crippen LogP contribution in [0.1, 0.15) is 22.3 Å². The molecule has 2 aromatic rings. The highest BCUT2D eigenvalue weighted by Gasteiger charge is 2.35. The number of cyclic esters (lactones) is 1. The number of hydrogen-bond acceptors (Lipinski definition) is 5. The predicted molar refractivity (Wildman–Crippen MR) is 97.6 cm³/mol. The molecule has 7 heteroatoms. The number of carbonyl (C=O) groups excluding carboxylic acids is 3. The monoisotopic (exact) mass is 366 g/mol. The Bertz CT molecular complexity index is 922. The molecule has 0 aliphatic carbocycles. The van der Waals surface area contributed by atoms with Crippen molar-refractivity contribution in [2.24, 2.45) is 5.92 Å². The van der Waals surface area contributed by atoms with Crippen LogP contribution in [-0.2, 0) is 20.9 Å². The number of rotatable bonds is 4. The molecule has 0 spiro atoms.